The van der Waals surface area contributed by atoms with Crippen LogP contribution in [0.2, 0.25) is 0 Å². The van der Waals surface area contributed by atoms with Gasteiger partial charge in [-0.1, -0.05) is 17.7 Å². The number of rotatable bonds is 2. The molecule has 84 valence electrons. The SMILES string of the molecule is Cc1ccc(N2C3CC(C3)C2C(=O)O)cc1. The molecule has 0 radical (unpaired) electrons. The lowest BCUT2D eigenvalue weighted by Gasteiger charge is -2.27. The Morgan fingerprint density at radius 2 is 1.94 bits per heavy atom. The molecule has 4 rings (SSSR count). The summed E-state index contributed by atoms with van der Waals surface area (Å²) in [7, 11) is 0. The van der Waals surface area contributed by atoms with Crippen molar-refractivity contribution in [3.05, 3.63) is 29.8 Å². The maximum absolute atomic E-state index is 11.2. The number of hydrogen-bond acceptors (Lipinski definition) is 2. The lowest BCUT2D eigenvalue weighted by molar-refractivity contribution is -0.139. The van der Waals surface area contributed by atoms with Gasteiger partial charge in [-0.15, -0.1) is 0 Å². The fraction of sp³-hybridized carbons (Fsp3) is 0.462. The van der Waals surface area contributed by atoms with Crippen LogP contribution < -0.4 is 4.90 Å². The van der Waals surface area contributed by atoms with Gasteiger partial charge in [0.15, 0.2) is 0 Å². The van der Waals surface area contributed by atoms with Gasteiger partial charge in [0.05, 0.1) is 0 Å². The van der Waals surface area contributed by atoms with E-state index in [0.29, 0.717) is 12.0 Å². The first-order chi connectivity index (χ1) is 7.66. The Kier molecular flexibility index (Phi) is 1.96. The molecule has 3 fully saturated rings. The number of fused-ring (bicyclic) bond motifs is 1. The molecule has 1 aliphatic carbocycles. The molecular formula is C13H15NO2. The molecule has 16 heavy (non-hydrogen) atoms. The number of carboxylic acid groups (broad SMARTS) is 1. The van der Waals surface area contributed by atoms with E-state index in [-0.39, 0.29) is 6.04 Å². The summed E-state index contributed by atoms with van der Waals surface area (Å²) in [5.41, 5.74) is 2.27. The van der Waals surface area contributed by atoms with Gasteiger partial charge in [0.2, 0.25) is 0 Å². The van der Waals surface area contributed by atoms with Crippen LogP contribution in [-0.4, -0.2) is 23.2 Å². The minimum atomic E-state index is -0.675. The van der Waals surface area contributed by atoms with Crippen LogP contribution in [0.25, 0.3) is 0 Å². The van der Waals surface area contributed by atoms with Gasteiger partial charge in [0.25, 0.3) is 0 Å². The van der Waals surface area contributed by atoms with E-state index >= 15 is 0 Å². The van der Waals surface area contributed by atoms with Crippen LogP contribution in [0.5, 0.6) is 0 Å². The molecule has 1 saturated carbocycles. The van der Waals surface area contributed by atoms with Crippen LogP contribution in [0.15, 0.2) is 24.3 Å². The highest BCUT2D eigenvalue weighted by molar-refractivity contribution is 5.81. The first-order valence-electron chi connectivity index (χ1n) is 5.74. The molecule has 3 nitrogen and oxygen atoms in total. The number of aliphatic carboxylic acids is 1. The maximum Gasteiger partial charge on any atom is 0.326 e. The van der Waals surface area contributed by atoms with E-state index < -0.39 is 5.97 Å². The number of aryl methyl sites for hydroxylation is 1. The van der Waals surface area contributed by atoms with Gasteiger partial charge < -0.3 is 10.0 Å². The molecule has 0 spiro atoms. The molecule has 2 heterocycles. The zero-order chi connectivity index (χ0) is 11.3. The van der Waals surface area contributed by atoms with Crippen LogP contribution in [0.4, 0.5) is 5.69 Å². The number of carboxylic acids is 1. The van der Waals surface area contributed by atoms with Crippen LogP contribution >= 0.6 is 0 Å². The fourth-order valence-electron chi connectivity index (χ4n) is 2.98. The largest absolute Gasteiger partial charge is 0.480 e. The summed E-state index contributed by atoms with van der Waals surface area (Å²) in [5, 5.41) is 9.25. The molecule has 3 heteroatoms. The highest BCUT2D eigenvalue weighted by atomic mass is 16.4. The molecule has 1 atom stereocenters. The van der Waals surface area contributed by atoms with Gasteiger partial charge in [0.1, 0.15) is 6.04 Å². The number of benzene rings is 1. The van der Waals surface area contributed by atoms with Crippen molar-refractivity contribution in [3.63, 3.8) is 0 Å². The lowest BCUT2D eigenvalue weighted by atomic mass is 9.83. The molecule has 1 N–H and O–H groups in total. The number of nitrogens with zero attached hydrogens (tertiary/aromatic N) is 1. The average molecular weight is 217 g/mol. The van der Waals surface area contributed by atoms with Gasteiger partial charge in [-0.05, 0) is 37.8 Å². The Bertz CT molecular complexity index is 420. The Labute approximate surface area is 94.7 Å². The molecule has 2 saturated heterocycles. The summed E-state index contributed by atoms with van der Waals surface area (Å²) >= 11 is 0. The van der Waals surface area contributed by atoms with E-state index in [2.05, 4.69) is 4.90 Å². The van der Waals surface area contributed by atoms with E-state index in [1.807, 2.05) is 31.2 Å². The van der Waals surface area contributed by atoms with Crippen molar-refractivity contribution < 1.29 is 9.90 Å². The standard InChI is InChI=1S/C13H15NO2/c1-8-2-4-10(5-3-8)14-11-6-9(7-11)12(14)13(15)16/h2-5,9,11-12H,6-7H2,1H3,(H,15,16). The Morgan fingerprint density at radius 1 is 1.31 bits per heavy atom. The first-order valence-corrected chi connectivity index (χ1v) is 5.74. The van der Waals surface area contributed by atoms with E-state index in [0.717, 1.165) is 18.5 Å². The van der Waals surface area contributed by atoms with Crippen molar-refractivity contribution in [2.75, 3.05) is 4.90 Å². The van der Waals surface area contributed by atoms with Crippen molar-refractivity contribution in [1.29, 1.82) is 0 Å². The molecule has 1 aromatic rings. The van der Waals surface area contributed by atoms with Crippen LogP contribution in [0.1, 0.15) is 18.4 Å². The van der Waals surface area contributed by atoms with Crippen molar-refractivity contribution in [2.45, 2.75) is 31.8 Å². The second-order valence-corrected chi connectivity index (χ2v) is 4.91. The zero-order valence-corrected chi connectivity index (χ0v) is 9.26. The summed E-state index contributed by atoms with van der Waals surface area (Å²) in [6.07, 6.45) is 2.09. The summed E-state index contributed by atoms with van der Waals surface area (Å²) in [4.78, 5) is 13.3. The highest BCUT2D eigenvalue weighted by Gasteiger charge is 2.53. The number of anilines is 1. The minimum absolute atomic E-state index is 0.298. The first kappa shape index (κ1) is 9.70. The number of hydrogen-bond donors (Lipinski definition) is 1. The Morgan fingerprint density at radius 3 is 2.50 bits per heavy atom. The summed E-state index contributed by atoms with van der Waals surface area (Å²) in [6, 6.07) is 8.31. The van der Waals surface area contributed by atoms with Crippen LogP contribution in [0.3, 0.4) is 0 Å². The topological polar surface area (TPSA) is 40.5 Å². The minimum Gasteiger partial charge on any atom is -0.480 e. The van der Waals surface area contributed by atoms with E-state index in [1.165, 1.54) is 5.56 Å². The van der Waals surface area contributed by atoms with E-state index in [1.54, 1.807) is 0 Å². The number of carbonyl (C=O) groups is 1. The summed E-state index contributed by atoms with van der Waals surface area (Å²) in [5.74, 6) is -0.311. The molecule has 0 amide bonds. The van der Waals surface area contributed by atoms with Gasteiger partial charge in [0, 0.05) is 11.7 Å². The lowest BCUT2D eigenvalue weighted by Crippen LogP contribution is -2.36. The third-order valence-electron chi connectivity index (χ3n) is 3.87. The van der Waals surface area contributed by atoms with Gasteiger partial charge >= 0.3 is 5.97 Å². The Balaban J connectivity index is 1.94. The van der Waals surface area contributed by atoms with E-state index in [4.69, 9.17) is 0 Å². The second-order valence-electron chi connectivity index (χ2n) is 4.91. The zero-order valence-electron chi connectivity index (χ0n) is 9.26. The molecular weight excluding hydrogens is 202 g/mol. The van der Waals surface area contributed by atoms with Gasteiger partial charge in [-0.3, -0.25) is 0 Å². The fourth-order valence-corrected chi connectivity index (χ4v) is 2.98. The monoisotopic (exact) mass is 217 g/mol. The molecule has 2 aliphatic heterocycles. The van der Waals surface area contributed by atoms with Gasteiger partial charge in [-0.25, -0.2) is 4.79 Å². The molecule has 2 bridgehead atoms. The normalized spacial score (nSPS) is 31.3. The Hall–Kier alpha value is -1.51. The van der Waals surface area contributed by atoms with Crippen LogP contribution in [0, 0.1) is 12.8 Å². The van der Waals surface area contributed by atoms with E-state index in [9.17, 15) is 9.90 Å². The van der Waals surface area contributed by atoms with Crippen LogP contribution in [-0.2, 0) is 4.79 Å². The van der Waals surface area contributed by atoms with Crippen molar-refractivity contribution in [2.24, 2.45) is 5.92 Å². The smallest absolute Gasteiger partial charge is 0.326 e. The third kappa shape index (κ3) is 1.24. The maximum atomic E-state index is 11.2. The average Bonchev–Trinajstić information content (AvgIpc) is 2.72. The summed E-state index contributed by atoms with van der Waals surface area (Å²) in [6.45, 7) is 2.04. The predicted molar refractivity (Wildman–Crippen MR) is 61.6 cm³/mol. The van der Waals surface area contributed by atoms with Crippen molar-refractivity contribution >= 4 is 11.7 Å². The molecule has 1 aromatic carbocycles. The van der Waals surface area contributed by atoms with Gasteiger partial charge in [-0.2, -0.15) is 0 Å². The predicted octanol–water partition coefficient (Wildman–Crippen LogP) is 2.05. The van der Waals surface area contributed by atoms with Crippen molar-refractivity contribution in [3.8, 4) is 0 Å². The quantitative estimate of drug-likeness (QED) is 0.824. The highest BCUT2D eigenvalue weighted by Crippen LogP contribution is 2.48. The molecule has 1 unspecified atom stereocenters. The molecule has 3 aliphatic rings. The van der Waals surface area contributed by atoms with Crippen molar-refractivity contribution in [1.82, 2.24) is 0 Å². The second kappa shape index (κ2) is 3.24. The summed E-state index contributed by atoms with van der Waals surface area (Å²) < 4.78 is 0. The molecule has 0 aromatic heterocycles. The third-order valence-corrected chi connectivity index (χ3v) is 3.87.